The number of rotatable bonds is 48. The molecule has 10 unspecified atom stereocenters. The third-order valence-electron chi connectivity index (χ3n) is 14.5. The molecule has 0 saturated heterocycles. The number of amides is 13. The summed E-state index contributed by atoms with van der Waals surface area (Å²) in [6, 6.07) is 4.80. The van der Waals surface area contributed by atoms with E-state index in [9.17, 15) is 72.5 Å². The molecule has 0 aliphatic heterocycles. The number of nitrogens with one attached hydrogen (secondary N) is 13. The van der Waals surface area contributed by atoms with Crippen molar-refractivity contribution in [2.24, 2.45) is 50.1 Å². The van der Waals surface area contributed by atoms with Gasteiger partial charge in [-0.05, 0) is 109 Å². The normalized spacial score (nSPS) is 13.9. The highest BCUT2D eigenvalue weighted by atomic mass is 16.3. The Morgan fingerprint density at radius 3 is 1.29 bits per heavy atom. The molecule has 0 fully saturated rings. The van der Waals surface area contributed by atoms with Crippen molar-refractivity contribution in [3.05, 3.63) is 71.8 Å². The predicted molar refractivity (Wildman–Crippen MR) is 360 cm³/mol. The Labute approximate surface area is 567 Å². The fourth-order valence-corrected chi connectivity index (χ4v) is 9.07. The second-order valence-corrected chi connectivity index (χ2v) is 22.8. The number of carbonyl (C=O) groups excluding carboxylic acids is 13. The van der Waals surface area contributed by atoms with Crippen LogP contribution in [0.2, 0.25) is 0 Å². The fourth-order valence-electron chi connectivity index (χ4n) is 9.07. The summed E-state index contributed by atoms with van der Waals surface area (Å²) in [5.41, 5.74) is 40.1. The first-order valence-corrected chi connectivity index (χ1v) is 32.0. The summed E-state index contributed by atoms with van der Waals surface area (Å²) >= 11 is 0. The molecule has 37 nitrogen and oxygen atoms in total. The molecule has 10 atom stereocenters. The first-order chi connectivity index (χ1) is 46.6. The number of carbonyl (C=O) groups is 13. The zero-order valence-corrected chi connectivity index (χ0v) is 55.5. The van der Waals surface area contributed by atoms with Crippen LogP contribution in [0.25, 0.3) is 0 Å². The number of aliphatic hydroxyl groups is 2. The highest BCUT2D eigenvalue weighted by Gasteiger charge is 2.34. The minimum atomic E-state index is -1.73. The van der Waals surface area contributed by atoms with Crippen LogP contribution in [0, 0.1) is 0 Å². The molecular formula is C61H100N22O15. The van der Waals surface area contributed by atoms with E-state index in [2.05, 4.69) is 79.1 Å². The largest absolute Gasteiger partial charge is 0.394 e. The second kappa shape index (κ2) is 46.9. The van der Waals surface area contributed by atoms with Crippen molar-refractivity contribution in [3.8, 4) is 0 Å². The zero-order valence-electron chi connectivity index (χ0n) is 55.5. The molecule has 0 radical (unpaired) electrons. The molecule has 2 aromatic carbocycles. The van der Waals surface area contributed by atoms with Gasteiger partial charge in [0.2, 0.25) is 76.8 Å². The number of nitrogens with two attached hydrogens (primary N) is 7. The maximum absolute atomic E-state index is 14.1. The quantitative estimate of drug-likeness (QED) is 0.0166. The van der Waals surface area contributed by atoms with Gasteiger partial charge in [-0.25, -0.2) is 0 Å². The van der Waals surface area contributed by atoms with Gasteiger partial charge in [0, 0.05) is 26.1 Å². The van der Waals surface area contributed by atoms with Crippen molar-refractivity contribution in [3.63, 3.8) is 0 Å². The Hall–Kier alpha value is -10.1. The number of hydrogen-bond donors (Lipinski definition) is 22. The van der Waals surface area contributed by atoms with Crippen molar-refractivity contribution >= 4 is 88.7 Å². The van der Waals surface area contributed by atoms with Gasteiger partial charge >= 0.3 is 0 Å². The minimum Gasteiger partial charge on any atom is -0.394 e. The van der Waals surface area contributed by atoms with Crippen LogP contribution in [-0.2, 0) is 75.3 Å². The molecule has 2 rings (SSSR count). The van der Waals surface area contributed by atoms with Crippen LogP contribution in [0.5, 0.6) is 0 Å². The van der Waals surface area contributed by atoms with Gasteiger partial charge in [0.25, 0.3) is 0 Å². The number of aliphatic imine (C=N–C) groups is 2. The van der Waals surface area contributed by atoms with Gasteiger partial charge < -0.3 is 119 Å². The zero-order chi connectivity index (χ0) is 73.1. The monoisotopic (exact) mass is 1380 g/mol. The molecule has 544 valence electrons. The van der Waals surface area contributed by atoms with Crippen LogP contribution in [0.15, 0.2) is 70.6 Å². The summed E-state index contributed by atoms with van der Waals surface area (Å²) in [5.74, 6) is -11.9. The number of guanidine groups is 2. The number of primary amides is 1. The van der Waals surface area contributed by atoms with Gasteiger partial charge in [0.05, 0.1) is 38.9 Å². The lowest BCUT2D eigenvalue weighted by Crippen LogP contribution is -2.60. The Morgan fingerprint density at radius 2 is 0.806 bits per heavy atom. The Morgan fingerprint density at radius 1 is 0.408 bits per heavy atom. The third kappa shape index (κ3) is 35.0. The summed E-state index contributed by atoms with van der Waals surface area (Å²) in [6.45, 7) is 1.66. The van der Waals surface area contributed by atoms with Gasteiger partial charge in [-0.2, -0.15) is 0 Å². The maximum atomic E-state index is 14.1. The first kappa shape index (κ1) is 84.0. The molecule has 37 heteroatoms. The Balaban J connectivity index is 2.16. The van der Waals surface area contributed by atoms with E-state index in [4.69, 9.17) is 40.1 Å². The summed E-state index contributed by atoms with van der Waals surface area (Å²) in [4.78, 5) is 181. The van der Waals surface area contributed by atoms with Gasteiger partial charge in [-0.1, -0.05) is 60.7 Å². The fraction of sp³-hybridized carbons (Fsp3) is 0.557. The van der Waals surface area contributed by atoms with E-state index < -0.39 is 164 Å². The van der Waals surface area contributed by atoms with E-state index in [1.807, 2.05) is 30.3 Å². The molecule has 0 bridgehead atoms. The summed E-state index contributed by atoms with van der Waals surface area (Å²) in [6.07, 6.45) is 0.0650. The summed E-state index contributed by atoms with van der Waals surface area (Å²) < 4.78 is 0. The highest BCUT2D eigenvalue weighted by molar-refractivity contribution is 5.99. The number of benzene rings is 2. The molecule has 0 spiro atoms. The number of nitrogens with zero attached hydrogens (tertiary/aromatic N) is 2. The van der Waals surface area contributed by atoms with E-state index in [0.717, 1.165) is 5.56 Å². The van der Waals surface area contributed by atoms with Crippen molar-refractivity contribution < 1.29 is 72.5 Å². The maximum Gasteiger partial charge on any atom is 0.245 e. The van der Waals surface area contributed by atoms with E-state index in [1.165, 1.54) is 20.8 Å². The van der Waals surface area contributed by atoms with Crippen LogP contribution in [0.4, 0.5) is 0 Å². The van der Waals surface area contributed by atoms with Gasteiger partial charge in [-0.15, -0.1) is 0 Å². The van der Waals surface area contributed by atoms with E-state index in [0.29, 0.717) is 37.9 Å². The third-order valence-corrected chi connectivity index (χ3v) is 14.5. The first-order valence-electron chi connectivity index (χ1n) is 32.0. The minimum absolute atomic E-state index is 0.0228. The van der Waals surface area contributed by atoms with Crippen molar-refractivity contribution in [1.29, 1.82) is 0 Å². The molecule has 0 saturated carbocycles. The molecule has 0 heterocycles. The average Bonchev–Trinajstić information content (AvgIpc) is 0.938. The standard InChI is InChI=1S/C61H100N22O15/c1-35(75-48(88)33-74-59(98)50(37(3)85)83-57(96)44(28-38-16-6-4-7-17-38)77-49(89)32-73-47(87)31-72-46(86)30-69-29-39-18-8-5-9-19-39)52(91)79-43(23-15-27-71-61(67)68)55(94)81-41(21-11-13-25-63)56(95)82-45(34-84)58(97)76-36(2)53(92)80-42(22-14-26-70-60(65)66)54(93)78-40(51(64)90)20-10-12-24-62/h4-9,16-19,35-37,40-45,50,69,84-85H,10-15,20-34,62-63H2,1-3H3,(H2,64,90)(H,72,86)(H,73,87)(H,74,98)(H,75,88)(H,76,97)(H,77,89)(H,78,93)(H,79,91)(H,80,92)(H,81,94)(H,82,95)(H,83,96)(H4,65,66,70)(H4,67,68,71). The van der Waals surface area contributed by atoms with Crippen molar-refractivity contribution in [2.45, 2.75) is 158 Å². The summed E-state index contributed by atoms with van der Waals surface area (Å²) in [7, 11) is 0. The molecule has 0 aromatic heterocycles. The molecule has 98 heavy (non-hydrogen) atoms. The average molecular weight is 1380 g/mol. The molecule has 29 N–H and O–H groups in total. The van der Waals surface area contributed by atoms with Crippen LogP contribution < -0.4 is 109 Å². The number of unbranched alkanes of at least 4 members (excludes halogenated alkanes) is 2. The lowest BCUT2D eigenvalue weighted by molar-refractivity contribution is -0.136. The van der Waals surface area contributed by atoms with Crippen LogP contribution in [-0.4, -0.2) is 218 Å². The molecule has 13 amide bonds. The SMILES string of the molecule is CC(NC(=O)CNC(=O)C(NC(=O)C(Cc1ccccc1)NC(=O)CNC(=O)CNC(=O)CNCc1ccccc1)C(C)O)C(=O)NC(CCCN=C(N)N)C(=O)NC(CCCCN)C(=O)NC(CO)C(=O)NC(C)C(=O)NC(CCCN=C(N)N)C(=O)NC(CCCCN)C(N)=O. The summed E-state index contributed by atoms with van der Waals surface area (Å²) in [5, 5.41) is 53.1. The Kier molecular flexibility index (Phi) is 40.2. The molecule has 2 aromatic rings. The molecule has 0 aliphatic carbocycles. The van der Waals surface area contributed by atoms with E-state index in [-0.39, 0.29) is 89.5 Å². The molecule has 0 aliphatic rings. The number of hydrogen-bond acceptors (Lipinski definition) is 20. The van der Waals surface area contributed by atoms with Crippen LogP contribution in [0.3, 0.4) is 0 Å². The van der Waals surface area contributed by atoms with Crippen molar-refractivity contribution in [1.82, 2.24) is 69.1 Å². The Bertz CT molecular complexity index is 2970. The van der Waals surface area contributed by atoms with E-state index in [1.54, 1.807) is 30.3 Å². The van der Waals surface area contributed by atoms with Gasteiger partial charge in [-0.3, -0.25) is 72.3 Å². The topological polar surface area (TPSA) is 626 Å². The highest BCUT2D eigenvalue weighted by Crippen LogP contribution is 2.10. The lowest BCUT2D eigenvalue weighted by Gasteiger charge is -2.26. The van der Waals surface area contributed by atoms with Crippen LogP contribution >= 0.6 is 0 Å². The van der Waals surface area contributed by atoms with Crippen LogP contribution in [0.1, 0.15) is 96.1 Å². The lowest BCUT2D eigenvalue weighted by atomic mass is 10.0. The van der Waals surface area contributed by atoms with E-state index >= 15 is 0 Å². The van der Waals surface area contributed by atoms with Gasteiger partial charge in [0.15, 0.2) is 11.9 Å². The molecular weight excluding hydrogens is 1280 g/mol. The van der Waals surface area contributed by atoms with Gasteiger partial charge in [0.1, 0.15) is 54.4 Å². The predicted octanol–water partition coefficient (Wildman–Crippen LogP) is -9.01. The number of aliphatic hydroxyl groups excluding tert-OH is 2. The van der Waals surface area contributed by atoms with Crippen molar-refractivity contribution in [2.75, 3.05) is 59.0 Å². The smallest absolute Gasteiger partial charge is 0.245 e. The second-order valence-electron chi connectivity index (χ2n) is 22.8.